The molecule has 0 aliphatic carbocycles. The summed E-state index contributed by atoms with van der Waals surface area (Å²) in [5.41, 5.74) is -1.04. The molecule has 0 unspecified atom stereocenters. The van der Waals surface area contributed by atoms with E-state index in [0.29, 0.717) is 0 Å². The van der Waals surface area contributed by atoms with Crippen LogP contribution in [0.3, 0.4) is 0 Å². The molecule has 1 aromatic rings. The van der Waals surface area contributed by atoms with Crippen molar-refractivity contribution in [2.24, 2.45) is 0 Å². The fourth-order valence-corrected chi connectivity index (χ4v) is 1.46. The SMILES string of the molecule is [C-]#[N+]c1cc(F)c(NCCNC(=O)OC(C)(C)C)c(F)c1. The number of carbonyl (C=O) groups is 1. The standard InChI is InChI=1S/C14H17F2N3O2/c1-14(2,3)21-13(20)19-6-5-18-12-10(15)7-9(17-4)8-11(12)16/h7-8,18H,5-6H2,1-3H3,(H,19,20). The van der Waals surface area contributed by atoms with Crippen molar-refractivity contribution in [1.82, 2.24) is 5.32 Å². The molecule has 0 heterocycles. The van der Waals surface area contributed by atoms with Gasteiger partial charge in [0.1, 0.15) is 22.9 Å². The Kier molecular flexibility index (Phi) is 5.47. The molecule has 21 heavy (non-hydrogen) atoms. The van der Waals surface area contributed by atoms with Crippen LogP contribution in [0.4, 0.5) is 25.0 Å². The number of hydrogen-bond donors (Lipinski definition) is 2. The summed E-state index contributed by atoms with van der Waals surface area (Å²) in [5.74, 6) is -1.70. The van der Waals surface area contributed by atoms with E-state index in [9.17, 15) is 13.6 Å². The Bertz CT molecular complexity index is 539. The van der Waals surface area contributed by atoms with Crippen LogP contribution in [-0.2, 0) is 4.74 Å². The smallest absolute Gasteiger partial charge is 0.407 e. The van der Waals surface area contributed by atoms with E-state index in [1.807, 2.05) is 0 Å². The molecule has 114 valence electrons. The zero-order chi connectivity index (χ0) is 16.0. The van der Waals surface area contributed by atoms with Gasteiger partial charge in [-0.25, -0.2) is 18.4 Å². The van der Waals surface area contributed by atoms with E-state index in [1.165, 1.54) is 0 Å². The normalized spacial score (nSPS) is 10.7. The van der Waals surface area contributed by atoms with Gasteiger partial charge in [-0.15, -0.1) is 0 Å². The largest absolute Gasteiger partial charge is 0.444 e. The number of nitrogens with one attached hydrogen (secondary N) is 2. The zero-order valence-corrected chi connectivity index (χ0v) is 12.1. The molecule has 0 aliphatic heterocycles. The van der Waals surface area contributed by atoms with Crippen molar-refractivity contribution in [1.29, 1.82) is 0 Å². The number of halogens is 2. The van der Waals surface area contributed by atoms with Crippen LogP contribution in [0.25, 0.3) is 4.85 Å². The Morgan fingerprint density at radius 3 is 2.33 bits per heavy atom. The molecule has 5 nitrogen and oxygen atoms in total. The number of anilines is 1. The third kappa shape index (κ3) is 5.65. The fourth-order valence-electron chi connectivity index (χ4n) is 1.46. The first-order valence-corrected chi connectivity index (χ1v) is 6.30. The van der Waals surface area contributed by atoms with E-state index in [4.69, 9.17) is 11.3 Å². The van der Waals surface area contributed by atoms with E-state index in [2.05, 4.69) is 15.5 Å². The molecule has 0 aromatic heterocycles. The molecule has 0 atom stereocenters. The van der Waals surface area contributed by atoms with Crippen molar-refractivity contribution in [3.05, 3.63) is 35.2 Å². The number of hydrogen-bond acceptors (Lipinski definition) is 3. The minimum absolute atomic E-state index is 0.109. The van der Waals surface area contributed by atoms with Crippen LogP contribution in [0.5, 0.6) is 0 Å². The lowest BCUT2D eigenvalue weighted by Gasteiger charge is -2.19. The van der Waals surface area contributed by atoms with Crippen molar-refractivity contribution in [2.75, 3.05) is 18.4 Å². The van der Waals surface area contributed by atoms with Gasteiger partial charge in [0.25, 0.3) is 0 Å². The summed E-state index contributed by atoms with van der Waals surface area (Å²) in [6.07, 6.45) is -0.603. The van der Waals surface area contributed by atoms with E-state index < -0.39 is 23.3 Å². The maximum Gasteiger partial charge on any atom is 0.407 e. The van der Waals surface area contributed by atoms with E-state index >= 15 is 0 Å². The van der Waals surface area contributed by atoms with Gasteiger partial charge in [0, 0.05) is 13.1 Å². The molecule has 1 aromatic carbocycles. The lowest BCUT2D eigenvalue weighted by molar-refractivity contribution is 0.0530. The van der Waals surface area contributed by atoms with E-state index in [0.717, 1.165) is 12.1 Å². The van der Waals surface area contributed by atoms with Crippen LogP contribution in [0.1, 0.15) is 20.8 Å². The molecule has 1 amide bonds. The minimum Gasteiger partial charge on any atom is -0.444 e. The van der Waals surface area contributed by atoms with Gasteiger partial charge in [0.2, 0.25) is 0 Å². The van der Waals surface area contributed by atoms with Gasteiger partial charge in [0.15, 0.2) is 5.69 Å². The molecular formula is C14H17F2N3O2. The highest BCUT2D eigenvalue weighted by Gasteiger charge is 2.15. The lowest BCUT2D eigenvalue weighted by Crippen LogP contribution is -2.35. The fraction of sp³-hybridized carbons (Fsp3) is 0.429. The Labute approximate surface area is 122 Å². The predicted molar refractivity (Wildman–Crippen MR) is 75.3 cm³/mol. The molecule has 1 rings (SSSR count). The molecule has 0 bridgehead atoms. The van der Waals surface area contributed by atoms with Gasteiger partial charge in [-0.1, -0.05) is 0 Å². The lowest BCUT2D eigenvalue weighted by atomic mass is 10.2. The first kappa shape index (κ1) is 16.7. The molecule has 0 spiro atoms. The van der Waals surface area contributed by atoms with Gasteiger partial charge in [-0.3, -0.25) is 0 Å². The molecule has 0 saturated heterocycles. The quantitative estimate of drug-likeness (QED) is 0.661. The van der Waals surface area contributed by atoms with Crippen LogP contribution in [0, 0.1) is 18.2 Å². The molecular weight excluding hydrogens is 280 g/mol. The van der Waals surface area contributed by atoms with Gasteiger partial charge in [-0.2, -0.15) is 0 Å². The number of alkyl carbamates (subject to hydrolysis) is 1. The monoisotopic (exact) mass is 297 g/mol. The van der Waals surface area contributed by atoms with Gasteiger partial charge < -0.3 is 15.4 Å². The number of rotatable bonds is 4. The highest BCUT2D eigenvalue weighted by Crippen LogP contribution is 2.24. The molecule has 0 saturated carbocycles. The van der Waals surface area contributed by atoms with Crippen molar-refractivity contribution < 1.29 is 18.3 Å². The van der Waals surface area contributed by atoms with Crippen LogP contribution in [0.2, 0.25) is 0 Å². The Morgan fingerprint density at radius 1 is 1.29 bits per heavy atom. The van der Waals surface area contributed by atoms with Crippen LogP contribution < -0.4 is 10.6 Å². The average molecular weight is 297 g/mol. The molecule has 7 heteroatoms. The summed E-state index contributed by atoms with van der Waals surface area (Å²) < 4.78 is 32.1. The maximum atomic E-state index is 13.5. The predicted octanol–water partition coefficient (Wildman–Crippen LogP) is 3.45. The van der Waals surface area contributed by atoms with Crippen molar-refractivity contribution >= 4 is 17.5 Å². The average Bonchev–Trinajstić information content (AvgIpc) is 2.34. The number of ether oxygens (including phenoxy) is 1. The van der Waals surface area contributed by atoms with Crippen LogP contribution in [0.15, 0.2) is 12.1 Å². The summed E-state index contributed by atoms with van der Waals surface area (Å²) in [6, 6.07) is 1.89. The first-order valence-electron chi connectivity index (χ1n) is 6.30. The first-order chi connectivity index (χ1) is 9.73. The number of benzene rings is 1. The summed E-state index contributed by atoms with van der Waals surface area (Å²) in [5, 5.41) is 4.98. The second kappa shape index (κ2) is 6.88. The summed E-state index contributed by atoms with van der Waals surface area (Å²) in [6.45, 7) is 12.1. The third-order valence-electron chi connectivity index (χ3n) is 2.25. The van der Waals surface area contributed by atoms with Gasteiger partial charge in [-0.05, 0) is 32.9 Å². The number of nitrogens with zero attached hydrogens (tertiary/aromatic N) is 1. The Hall–Kier alpha value is -2.36. The summed E-state index contributed by atoms with van der Waals surface area (Å²) in [4.78, 5) is 14.3. The third-order valence-corrected chi connectivity index (χ3v) is 2.25. The Morgan fingerprint density at radius 2 is 1.86 bits per heavy atom. The molecule has 2 N–H and O–H groups in total. The molecule has 0 radical (unpaired) electrons. The summed E-state index contributed by atoms with van der Waals surface area (Å²) in [7, 11) is 0. The number of carbonyl (C=O) groups excluding carboxylic acids is 1. The van der Waals surface area contributed by atoms with Gasteiger partial charge >= 0.3 is 6.09 Å². The zero-order valence-electron chi connectivity index (χ0n) is 12.1. The number of amides is 1. The topological polar surface area (TPSA) is 54.7 Å². The second-order valence-electron chi connectivity index (χ2n) is 5.25. The Balaban J connectivity index is 2.47. The van der Waals surface area contributed by atoms with Crippen LogP contribution in [-0.4, -0.2) is 24.8 Å². The molecule has 0 fully saturated rings. The van der Waals surface area contributed by atoms with Crippen LogP contribution >= 0.6 is 0 Å². The van der Waals surface area contributed by atoms with Crippen molar-refractivity contribution in [3.8, 4) is 0 Å². The van der Waals surface area contributed by atoms with E-state index in [-0.39, 0.29) is 24.5 Å². The van der Waals surface area contributed by atoms with Crippen molar-refractivity contribution in [3.63, 3.8) is 0 Å². The minimum atomic E-state index is -0.849. The second-order valence-corrected chi connectivity index (χ2v) is 5.25. The van der Waals surface area contributed by atoms with Crippen molar-refractivity contribution in [2.45, 2.75) is 26.4 Å². The summed E-state index contributed by atoms with van der Waals surface area (Å²) >= 11 is 0. The maximum absolute atomic E-state index is 13.5. The molecule has 0 aliphatic rings. The van der Waals surface area contributed by atoms with Gasteiger partial charge in [0.05, 0.1) is 6.57 Å². The van der Waals surface area contributed by atoms with E-state index in [1.54, 1.807) is 20.8 Å². The highest BCUT2D eigenvalue weighted by molar-refractivity contribution is 5.67. The highest BCUT2D eigenvalue weighted by atomic mass is 19.1.